The Morgan fingerprint density at radius 3 is 2.78 bits per heavy atom. The minimum absolute atomic E-state index is 0.105. The molecule has 1 unspecified atom stereocenters. The van der Waals surface area contributed by atoms with Crippen molar-refractivity contribution in [1.82, 2.24) is 9.55 Å². The number of hydrogen-bond donors (Lipinski definition) is 2. The Morgan fingerprint density at radius 1 is 1.30 bits per heavy atom. The van der Waals surface area contributed by atoms with E-state index in [1.807, 2.05) is 6.07 Å². The fourth-order valence-corrected chi connectivity index (χ4v) is 2.55. The Labute approximate surface area is 131 Å². The SMILES string of the molecule is O=C(Nc1ccccc1)c1c[nH]c(=O)n(CC2CCCO2)c1=O. The van der Waals surface area contributed by atoms with Crippen LogP contribution >= 0.6 is 0 Å². The van der Waals surface area contributed by atoms with Crippen molar-refractivity contribution >= 4 is 11.6 Å². The smallest absolute Gasteiger partial charge is 0.328 e. The molecule has 1 aliphatic heterocycles. The van der Waals surface area contributed by atoms with Gasteiger partial charge >= 0.3 is 5.69 Å². The topological polar surface area (TPSA) is 93.2 Å². The van der Waals surface area contributed by atoms with E-state index in [2.05, 4.69) is 10.3 Å². The van der Waals surface area contributed by atoms with E-state index in [-0.39, 0.29) is 18.2 Å². The van der Waals surface area contributed by atoms with Crippen molar-refractivity contribution in [3.8, 4) is 0 Å². The highest BCUT2D eigenvalue weighted by Gasteiger charge is 2.20. The van der Waals surface area contributed by atoms with Gasteiger partial charge < -0.3 is 15.0 Å². The van der Waals surface area contributed by atoms with Crippen molar-refractivity contribution in [2.75, 3.05) is 11.9 Å². The molecule has 2 heterocycles. The second-order valence-electron chi connectivity index (χ2n) is 5.38. The van der Waals surface area contributed by atoms with Gasteiger partial charge in [-0.2, -0.15) is 0 Å². The lowest BCUT2D eigenvalue weighted by molar-refractivity contribution is 0.0941. The zero-order valence-corrected chi connectivity index (χ0v) is 12.5. The minimum atomic E-state index is -0.613. The van der Waals surface area contributed by atoms with Crippen LogP contribution in [0.1, 0.15) is 23.2 Å². The monoisotopic (exact) mass is 315 g/mol. The number of nitrogens with one attached hydrogen (secondary N) is 2. The van der Waals surface area contributed by atoms with Crippen LogP contribution in [-0.4, -0.2) is 28.2 Å². The zero-order valence-electron chi connectivity index (χ0n) is 12.5. The van der Waals surface area contributed by atoms with Gasteiger partial charge in [0.15, 0.2) is 0 Å². The van der Waals surface area contributed by atoms with E-state index >= 15 is 0 Å². The van der Waals surface area contributed by atoms with Crippen LogP contribution in [-0.2, 0) is 11.3 Å². The number of aromatic amines is 1. The number of H-pyrrole nitrogens is 1. The summed E-state index contributed by atoms with van der Waals surface area (Å²) in [5.74, 6) is -0.557. The summed E-state index contributed by atoms with van der Waals surface area (Å²) in [4.78, 5) is 39.0. The summed E-state index contributed by atoms with van der Waals surface area (Å²) in [6.07, 6.45) is 2.69. The number of benzene rings is 1. The van der Waals surface area contributed by atoms with Crippen molar-refractivity contribution in [2.45, 2.75) is 25.5 Å². The molecular weight excluding hydrogens is 298 g/mol. The van der Waals surface area contributed by atoms with Gasteiger partial charge in [-0.15, -0.1) is 0 Å². The number of anilines is 1. The molecule has 7 nitrogen and oxygen atoms in total. The van der Waals surface area contributed by atoms with E-state index in [0.29, 0.717) is 12.3 Å². The molecule has 1 aliphatic rings. The molecule has 0 spiro atoms. The summed E-state index contributed by atoms with van der Waals surface area (Å²) in [5.41, 5.74) is -0.681. The molecule has 7 heteroatoms. The predicted molar refractivity (Wildman–Crippen MR) is 84.7 cm³/mol. The number of hydrogen-bond acceptors (Lipinski definition) is 4. The van der Waals surface area contributed by atoms with Crippen LogP contribution in [0.15, 0.2) is 46.1 Å². The first-order chi connectivity index (χ1) is 11.1. The summed E-state index contributed by atoms with van der Waals surface area (Å²) in [5, 5.41) is 2.63. The van der Waals surface area contributed by atoms with Crippen LogP contribution in [0.4, 0.5) is 5.69 Å². The number of rotatable bonds is 4. The van der Waals surface area contributed by atoms with Gasteiger partial charge in [-0.1, -0.05) is 18.2 Å². The van der Waals surface area contributed by atoms with Crippen LogP contribution in [0.5, 0.6) is 0 Å². The van der Waals surface area contributed by atoms with Crippen molar-refractivity contribution in [3.05, 3.63) is 62.9 Å². The molecule has 3 rings (SSSR count). The van der Waals surface area contributed by atoms with E-state index in [9.17, 15) is 14.4 Å². The standard InChI is InChI=1S/C16H17N3O4/c20-14(18-11-5-2-1-3-6-11)13-9-17-16(22)19(15(13)21)10-12-7-4-8-23-12/h1-3,5-6,9,12H,4,7-8,10H2,(H,17,22)(H,18,20). The number of carbonyl (C=O) groups is 1. The van der Waals surface area contributed by atoms with Crippen LogP contribution in [0, 0.1) is 0 Å². The molecule has 1 fully saturated rings. The summed E-state index contributed by atoms with van der Waals surface area (Å²) in [7, 11) is 0. The van der Waals surface area contributed by atoms with Gasteiger partial charge in [0.2, 0.25) is 0 Å². The zero-order chi connectivity index (χ0) is 16.2. The summed E-state index contributed by atoms with van der Waals surface area (Å²) in [6.45, 7) is 0.784. The Kier molecular flexibility index (Phi) is 4.38. The van der Waals surface area contributed by atoms with E-state index in [4.69, 9.17) is 4.74 Å². The molecule has 1 aromatic carbocycles. The maximum atomic E-state index is 12.4. The number of amides is 1. The molecule has 0 aliphatic carbocycles. The number of nitrogens with zero attached hydrogens (tertiary/aromatic N) is 1. The third-order valence-electron chi connectivity index (χ3n) is 3.75. The fourth-order valence-electron chi connectivity index (χ4n) is 2.55. The van der Waals surface area contributed by atoms with Crippen LogP contribution in [0.3, 0.4) is 0 Å². The molecule has 2 aromatic rings. The molecule has 0 bridgehead atoms. The molecular formula is C16H17N3O4. The number of ether oxygens (including phenoxy) is 1. The summed E-state index contributed by atoms with van der Waals surface area (Å²) < 4.78 is 6.47. The quantitative estimate of drug-likeness (QED) is 0.879. The van der Waals surface area contributed by atoms with Crippen molar-refractivity contribution in [2.24, 2.45) is 0 Å². The second kappa shape index (κ2) is 6.62. The minimum Gasteiger partial charge on any atom is -0.376 e. The highest BCUT2D eigenvalue weighted by atomic mass is 16.5. The van der Waals surface area contributed by atoms with Gasteiger partial charge in [0, 0.05) is 18.5 Å². The average molecular weight is 315 g/mol. The van der Waals surface area contributed by atoms with Crippen LogP contribution in [0.25, 0.3) is 0 Å². The fraction of sp³-hybridized carbons (Fsp3) is 0.312. The normalized spacial score (nSPS) is 17.1. The van der Waals surface area contributed by atoms with Crippen LogP contribution in [0.2, 0.25) is 0 Å². The molecule has 0 radical (unpaired) electrons. The lowest BCUT2D eigenvalue weighted by Gasteiger charge is -2.12. The Morgan fingerprint density at radius 2 is 2.09 bits per heavy atom. The van der Waals surface area contributed by atoms with Crippen molar-refractivity contribution < 1.29 is 9.53 Å². The number of para-hydroxylation sites is 1. The van der Waals surface area contributed by atoms with E-state index in [0.717, 1.165) is 23.6 Å². The summed E-state index contributed by atoms with van der Waals surface area (Å²) in [6, 6.07) is 8.81. The van der Waals surface area contributed by atoms with Gasteiger partial charge in [0.1, 0.15) is 5.56 Å². The van der Waals surface area contributed by atoms with Gasteiger partial charge in [0.05, 0.1) is 12.6 Å². The third-order valence-corrected chi connectivity index (χ3v) is 3.75. The Balaban J connectivity index is 1.86. The Hall–Kier alpha value is -2.67. The van der Waals surface area contributed by atoms with E-state index in [1.165, 1.54) is 0 Å². The highest BCUT2D eigenvalue weighted by Crippen LogP contribution is 2.12. The Bertz CT molecular complexity index is 804. The first-order valence-electron chi connectivity index (χ1n) is 7.45. The van der Waals surface area contributed by atoms with Gasteiger partial charge in [-0.05, 0) is 25.0 Å². The average Bonchev–Trinajstić information content (AvgIpc) is 3.05. The summed E-state index contributed by atoms with van der Waals surface area (Å²) >= 11 is 0. The maximum Gasteiger partial charge on any atom is 0.328 e. The van der Waals surface area contributed by atoms with E-state index in [1.54, 1.807) is 24.3 Å². The first-order valence-corrected chi connectivity index (χ1v) is 7.45. The third kappa shape index (κ3) is 3.40. The van der Waals surface area contributed by atoms with Gasteiger partial charge in [0.25, 0.3) is 11.5 Å². The molecule has 1 saturated heterocycles. The maximum absolute atomic E-state index is 12.4. The highest BCUT2D eigenvalue weighted by molar-refractivity contribution is 6.03. The first kappa shape index (κ1) is 15.2. The molecule has 0 saturated carbocycles. The van der Waals surface area contributed by atoms with Crippen LogP contribution < -0.4 is 16.6 Å². The molecule has 120 valence electrons. The number of aromatic nitrogens is 2. The van der Waals surface area contributed by atoms with Gasteiger partial charge in [-0.25, -0.2) is 4.79 Å². The van der Waals surface area contributed by atoms with Gasteiger partial charge in [-0.3, -0.25) is 14.2 Å². The van der Waals surface area contributed by atoms with E-state index < -0.39 is 17.2 Å². The van der Waals surface area contributed by atoms with Crippen molar-refractivity contribution in [3.63, 3.8) is 0 Å². The molecule has 23 heavy (non-hydrogen) atoms. The molecule has 2 N–H and O–H groups in total. The lowest BCUT2D eigenvalue weighted by atomic mass is 10.2. The molecule has 1 aromatic heterocycles. The second-order valence-corrected chi connectivity index (χ2v) is 5.38. The number of carbonyl (C=O) groups excluding carboxylic acids is 1. The largest absolute Gasteiger partial charge is 0.376 e. The molecule has 1 amide bonds. The van der Waals surface area contributed by atoms with Crippen molar-refractivity contribution in [1.29, 1.82) is 0 Å². The molecule has 1 atom stereocenters. The predicted octanol–water partition coefficient (Wildman–Crippen LogP) is 0.968. The lowest BCUT2D eigenvalue weighted by Crippen LogP contribution is -2.41.